The molecular weight excluding hydrogens is 589 g/mol. The van der Waals surface area contributed by atoms with Gasteiger partial charge in [-0.25, -0.2) is 13.6 Å². The van der Waals surface area contributed by atoms with Gasteiger partial charge in [-0.15, -0.1) is 11.8 Å². The number of thioether (sulfide) groups is 1. The number of nitrogens with zero attached hydrogens (tertiary/aromatic N) is 5. The zero-order chi connectivity index (χ0) is 30.8. The molecule has 0 bridgehead atoms. The molecule has 2 aromatic carbocycles. The number of carbonyl (C=O) groups is 1. The van der Waals surface area contributed by atoms with Crippen LogP contribution in [0, 0.1) is 11.6 Å². The number of piperazine rings is 1. The average molecular weight is 620 g/mol. The van der Waals surface area contributed by atoms with Crippen molar-refractivity contribution < 1.29 is 26.7 Å². The molecule has 0 radical (unpaired) electrons. The summed E-state index contributed by atoms with van der Waals surface area (Å²) in [6.45, 7) is 9.48. The SMILES string of the molecule is C=CC(=O)N1C[C@H](C)N(c2nc(=O)n3c4c(c(-c5ccc(F)cc5F)c(C(F)(F)F)cc24)SCC(N2CCC2)C3)C[C@H]1C. The number of likely N-dealkylation sites (tertiary alicyclic amines) is 1. The van der Waals surface area contributed by atoms with E-state index in [4.69, 9.17) is 0 Å². The van der Waals surface area contributed by atoms with Gasteiger partial charge in [0.15, 0.2) is 0 Å². The van der Waals surface area contributed by atoms with Gasteiger partial charge in [-0.05, 0) is 57.6 Å². The fourth-order valence-electron chi connectivity index (χ4n) is 6.32. The van der Waals surface area contributed by atoms with E-state index in [-0.39, 0.29) is 65.3 Å². The second-order valence-electron chi connectivity index (χ2n) is 11.4. The van der Waals surface area contributed by atoms with Crippen molar-refractivity contribution in [3.63, 3.8) is 0 Å². The van der Waals surface area contributed by atoms with Crippen molar-refractivity contribution in [2.75, 3.05) is 36.8 Å². The minimum absolute atomic E-state index is 0.0854. The summed E-state index contributed by atoms with van der Waals surface area (Å²) in [7, 11) is 0. The minimum atomic E-state index is -4.91. The van der Waals surface area contributed by atoms with E-state index >= 15 is 4.39 Å². The first kappa shape index (κ1) is 29.6. The maximum absolute atomic E-state index is 15.2. The Morgan fingerprint density at radius 1 is 1.09 bits per heavy atom. The van der Waals surface area contributed by atoms with Gasteiger partial charge in [-0.2, -0.15) is 18.2 Å². The van der Waals surface area contributed by atoms with Crippen molar-refractivity contribution in [2.24, 2.45) is 0 Å². The summed E-state index contributed by atoms with van der Waals surface area (Å²) in [6, 6.07) is 2.58. The van der Waals surface area contributed by atoms with Crippen molar-refractivity contribution >= 4 is 34.4 Å². The molecule has 1 amide bonds. The first-order valence-corrected chi connectivity index (χ1v) is 15.1. The number of amides is 1. The van der Waals surface area contributed by atoms with Crippen molar-refractivity contribution in [3.8, 4) is 11.1 Å². The van der Waals surface area contributed by atoms with Crippen molar-refractivity contribution in [2.45, 2.75) is 56.0 Å². The summed E-state index contributed by atoms with van der Waals surface area (Å²) in [5, 5.41) is 0.118. The summed E-state index contributed by atoms with van der Waals surface area (Å²) >= 11 is 1.15. The predicted molar refractivity (Wildman–Crippen MR) is 155 cm³/mol. The van der Waals surface area contributed by atoms with Gasteiger partial charge >= 0.3 is 11.9 Å². The normalized spacial score (nSPS) is 22.8. The number of anilines is 1. The van der Waals surface area contributed by atoms with Crippen molar-refractivity contribution in [1.82, 2.24) is 19.4 Å². The van der Waals surface area contributed by atoms with E-state index in [1.807, 2.05) is 13.8 Å². The fourth-order valence-corrected chi connectivity index (χ4v) is 7.72. The molecule has 13 heteroatoms. The van der Waals surface area contributed by atoms with Gasteiger partial charge in [0.1, 0.15) is 17.5 Å². The third kappa shape index (κ3) is 5.09. The Morgan fingerprint density at radius 2 is 1.84 bits per heavy atom. The third-order valence-corrected chi connectivity index (χ3v) is 9.88. The minimum Gasteiger partial charge on any atom is -0.349 e. The second-order valence-corrected chi connectivity index (χ2v) is 12.4. The van der Waals surface area contributed by atoms with Gasteiger partial charge in [0.25, 0.3) is 0 Å². The van der Waals surface area contributed by atoms with Crippen LogP contribution < -0.4 is 10.6 Å². The predicted octanol–water partition coefficient (Wildman–Crippen LogP) is 5.15. The second kappa shape index (κ2) is 10.9. The lowest BCUT2D eigenvalue weighted by atomic mass is 9.95. The summed E-state index contributed by atoms with van der Waals surface area (Å²) in [6.07, 6.45) is -2.71. The molecule has 1 aromatic heterocycles. The van der Waals surface area contributed by atoms with Crippen LogP contribution in [0.15, 0.2) is 46.6 Å². The van der Waals surface area contributed by atoms with Crippen LogP contribution >= 0.6 is 11.8 Å². The first-order chi connectivity index (χ1) is 20.4. The molecule has 3 aromatic rings. The fraction of sp³-hybridized carbons (Fsp3) is 0.433. The highest BCUT2D eigenvalue weighted by atomic mass is 32.2. The Kier molecular flexibility index (Phi) is 7.52. The zero-order valence-corrected chi connectivity index (χ0v) is 24.4. The molecule has 0 spiro atoms. The molecule has 2 fully saturated rings. The Labute approximate surface area is 249 Å². The quantitative estimate of drug-likeness (QED) is 0.298. The number of aromatic nitrogens is 2. The zero-order valence-electron chi connectivity index (χ0n) is 23.6. The molecule has 3 aliphatic rings. The molecule has 43 heavy (non-hydrogen) atoms. The van der Waals surface area contributed by atoms with Crippen LogP contribution in [0.4, 0.5) is 27.8 Å². The molecule has 7 nitrogen and oxygen atoms in total. The molecule has 3 aliphatic heterocycles. The standard InChI is InChI=1S/C30H30F5N5O2S/c1-4-24(41)38-12-17(3)39(13-16(38)2)28-21-11-22(30(33,34)35)25(20-7-6-18(31)10-23(20)32)27-26(21)40(29(42)36-28)14-19(15-43-27)37-8-5-9-37/h4,6-7,10-11,16-17,19H,1,5,8-9,12-15H2,2-3H3/t16-,17+,19?/m1/s1. The molecule has 0 aliphatic carbocycles. The summed E-state index contributed by atoms with van der Waals surface area (Å²) in [5.41, 5.74) is -2.27. The number of benzene rings is 2. The lowest BCUT2D eigenvalue weighted by Gasteiger charge is -2.44. The summed E-state index contributed by atoms with van der Waals surface area (Å²) in [5.74, 6) is -1.84. The smallest absolute Gasteiger partial charge is 0.349 e. The highest BCUT2D eigenvalue weighted by Crippen LogP contribution is 2.49. The van der Waals surface area contributed by atoms with Gasteiger partial charge in [-0.3, -0.25) is 14.3 Å². The molecule has 1 unspecified atom stereocenters. The van der Waals surface area contributed by atoms with E-state index in [0.29, 0.717) is 11.8 Å². The number of carbonyl (C=O) groups excluding carboxylic acids is 1. The van der Waals surface area contributed by atoms with Gasteiger partial charge in [0.05, 0.1) is 11.1 Å². The monoisotopic (exact) mass is 619 g/mol. The topological polar surface area (TPSA) is 61.7 Å². The van der Waals surface area contributed by atoms with Crippen LogP contribution in [0.3, 0.4) is 0 Å². The van der Waals surface area contributed by atoms with E-state index < -0.39 is 40.2 Å². The number of hydrogen-bond acceptors (Lipinski definition) is 6. The van der Waals surface area contributed by atoms with E-state index in [0.717, 1.165) is 49.5 Å². The molecule has 4 heterocycles. The molecular formula is C30H30F5N5O2S. The Morgan fingerprint density at radius 3 is 2.47 bits per heavy atom. The third-order valence-electron chi connectivity index (χ3n) is 8.64. The van der Waals surface area contributed by atoms with Crippen molar-refractivity contribution in [1.29, 1.82) is 0 Å². The molecule has 0 N–H and O–H groups in total. The highest BCUT2D eigenvalue weighted by Gasteiger charge is 2.41. The maximum atomic E-state index is 15.2. The van der Waals surface area contributed by atoms with E-state index in [2.05, 4.69) is 16.5 Å². The average Bonchev–Trinajstić information content (AvgIpc) is 3.11. The molecule has 2 saturated heterocycles. The van der Waals surface area contributed by atoms with Crippen molar-refractivity contribution in [3.05, 3.63) is 64.6 Å². The highest BCUT2D eigenvalue weighted by molar-refractivity contribution is 7.99. The lowest BCUT2D eigenvalue weighted by Crippen LogP contribution is -2.58. The summed E-state index contributed by atoms with van der Waals surface area (Å²) < 4.78 is 75.2. The van der Waals surface area contributed by atoms with E-state index in [9.17, 15) is 27.2 Å². The number of alkyl halides is 3. The Hall–Kier alpha value is -3.45. The summed E-state index contributed by atoms with van der Waals surface area (Å²) in [4.78, 5) is 36.2. The van der Waals surface area contributed by atoms with Crippen LogP contribution in [0.5, 0.6) is 0 Å². The molecule has 3 atom stereocenters. The van der Waals surface area contributed by atoms with Crippen LogP contribution in [0.1, 0.15) is 25.8 Å². The van der Waals surface area contributed by atoms with E-state index in [1.165, 1.54) is 10.6 Å². The molecule has 6 rings (SSSR count). The number of hydrogen-bond donors (Lipinski definition) is 0. The van der Waals surface area contributed by atoms with Gasteiger partial charge < -0.3 is 9.80 Å². The van der Waals surface area contributed by atoms with Crippen LogP contribution in [-0.2, 0) is 17.5 Å². The molecule has 228 valence electrons. The Bertz CT molecular complexity index is 1690. The van der Waals surface area contributed by atoms with Gasteiger partial charge in [0.2, 0.25) is 5.91 Å². The number of halogens is 5. The Balaban J connectivity index is 1.64. The first-order valence-electron chi connectivity index (χ1n) is 14.1. The molecule has 0 saturated carbocycles. The maximum Gasteiger partial charge on any atom is 0.417 e. The van der Waals surface area contributed by atoms with Crippen LogP contribution in [0.2, 0.25) is 0 Å². The largest absolute Gasteiger partial charge is 0.417 e. The number of rotatable bonds is 4. The van der Waals surface area contributed by atoms with Crippen LogP contribution in [-0.4, -0.2) is 75.3 Å². The van der Waals surface area contributed by atoms with Crippen LogP contribution in [0.25, 0.3) is 22.0 Å². The van der Waals surface area contributed by atoms with E-state index in [1.54, 1.807) is 9.80 Å². The van der Waals surface area contributed by atoms with Gasteiger partial charge in [-0.1, -0.05) is 6.58 Å². The lowest BCUT2D eigenvalue weighted by molar-refractivity contribution is -0.137. The van der Waals surface area contributed by atoms with Gasteiger partial charge in [0, 0.05) is 71.0 Å².